The molecule has 0 aliphatic carbocycles. The van der Waals surface area contributed by atoms with Crippen molar-refractivity contribution < 1.29 is 14.4 Å². The van der Waals surface area contributed by atoms with E-state index in [4.69, 9.17) is 0 Å². The van der Waals surface area contributed by atoms with Gasteiger partial charge in [-0.05, 0) is 35.9 Å². The van der Waals surface area contributed by atoms with Gasteiger partial charge in [0.2, 0.25) is 0 Å². The summed E-state index contributed by atoms with van der Waals surface area (Å²) in [5, 5.41) is 2.53. The first-order chi connectivity index (χ1) is 11.6. The molecule has 7 nitrogen and oxygen atoms in total. The molecule has 3 N–H and O–H groups in total. The average molecular weight is 324 g/mol. The van der Waals surface area contributed by atoms with Gasteiger partial charge in [0.1, 0.15) is 5.69 Å². The molecule has 0 aliphatic heterocycles. The van der Waals surface area contributed by atoms with Gasteiger partial charge in [-0.15, -0.1) is 0 Å². The van der Waals surface area contributed by atoms with E-state index in [-0.39, 0.29) is 11.6 Å². The maximum Gasteiger partial charge on any atom is 0.288 e. The summed E-state index contributed by atoms with van der Waals surface area (Å²) in [5.74, 6) is -1.18. The van der Waals surface area contributed by atoms with E-state index in [9.17, 15) is 14.4 Å². The first-order valence-corrected chi connectivity index (χ1v) is 7.11. The molecule has 7 heteroatoms. The summed E-state index contributed by atoms with van der Waals surface area (Å²) in [6.07, 6.45) is 4.32. The van der Waals surface area contributed by atoms with E-state index in [2.05, 4.69) is 21.2 Å². The number of hydrogen-bond donors (Lipinski definition) is 3. The van der Waals surface area contributed by atoms with Crippen LogP contribution in [-0.2, 0) is 4.79 Å². The lowest BCUT2D eigenvalue weighted by atomic mass is 10.1. The van der Waals surface area contributed by atoms with Crippen molar-refractivity contribution in [2.24, 2.45) is 0 Å². The number of benzene rings is 1. The zero-order valence-electron chi connectivity index (χ0n) is 12.9. The maximum absolute atomic E-state index is 11.7. The van der Waals surface area contributed by atoms with Crippen molar-refractivity contribution >= 4 is 23.8 Å². The zero-order valence-corrected chi connectivity index (χ0v) is 12.9. The molecule has 0 aliphatic rings. The molecule has 2 aromatic rings. The summed E-state index contributed by atoms with van der Waals surface area (Å²) in [6.45, 7) is 0. The van der Waals surface area contributed by atoms with Crippen LogP contribution in [0, 0.1) is 0 Å². The molecule has 0 atom stereocenters. The Morgan fingerprint density at radius 2 is 1.71 bits per heavy atom. The SMILES string of the molecule is CNC(=O)c1ccc(/C=C/C(=O)NNC(=O)c2ccccn2)cc1. The third kappa shape index (κ3) is 4.77. The van der Waals surface area contributed by atoms with Gasteiger partial charge in [0.25, 0.3) is 17.7 Å². The van der Waals surface area contributed by atoms with Crippen LogP contribution in [0.3, 0.4) is 0 Å². The third-order valence-corrected chi connectivity index (χ3v) is 3.02. The smallest absolute Gasteiger partial charge is 0.288 e. The molecule has 2 rings (SSSR count). The fraction of sp³-hybridized carbons (Fsp3) is 0.0588. The zero-order chi connectivity index (χ0) is 17.4. The van der Waals surface area contributed by atoms with Gasteiger partial charge in [-0.25, -0.2) is 0 Å². The molecule has 0 saturated heterocycles. The topological polar surface area (TPSA) is 100 Å². The van der Waals surface area contributed by atoms with Crippen LogP contribution in [0.4, 0.5) is 0 Å². The van der Waals surface area contributed by atoms with Crippen LogP contribution in [0.2, 0.25) is 0 Å². The third-order valence-electron chi connectivity index (χ3n) is 3.02. The van der Waals surface area contributed by atoms with E-state index in [1.54, 1.807) is 49.5 Å². The highest BCUT2D eigenvalue weighted by atomic mass is 16.2. The number of pyridine rings is 1. The normalized spacial score (nSPS) is 10.2. The molecule has 0 bridgehead atoms. The number of carbonyl (C=O) groups excluding carboxylic acids is 3. The van der Waals surface area contributed by atoms with Crippen molar-refractivity contribution in [3.63, 3.8) is 0 Å². The Kier molecular flexibility index (Phi) is 5.79. The van der Waals surface area contributed by atoms with Crippen molar-refractivity contribution in [3.05, 3.63) is 71.6 Å². The molecule has 122 valence electrons. The fourth-order valence-electron chi connectivity index (χ4n) is 1.78. The second kappa shape index (κ2) is 8.23. The van der Waals surface area contributed by atoms with Crippen LogP contribution in [0.25, 0.3) is 6.08 Å². The monoisotopic (exact) mass is 324 g/mol. The molecule has 1 aromatic carbocycles. The summed E-state index contributed by atoms with van der Waals surface area (Å²) in [7, 11) is 1.56. The van der Waals surface area contributed by atoms with E-state index in [0.29, 0.717) is 5.56 Å². The van der Waals surface area contributed by atoms with Crippen molar-refractivity contribution in [2.75, 3.05) is 7.05 Å². The predicted molar refractivity (Wildman–Crippen MR) is 88.7 cm³/mol. The highest BCUT2D eigenvalue weighted by molar-refractivity contribution is 5.97. The van der Waals surface area contributed by atoms with E-state index in [1.807, 2.05) is 0 Å². The van der Waals surface area contributed by atoms with Crippen molar-refractivity contribution in [2.45, 2.75) is 0 Å². The van der Waals surface area contributed by atoms with Crippen LogP contribution in [0.1, 0.15) is 26.4 Å². The minimum Gasteiger partial charge on any atom is -0.355 e. The van der Waals surface area contributed by atoms with Crippen LogP contribution in [0.5, 0.6) is 0 Å². The van der Waals surface area contributed by atoms with Crippen molar-refractivity contribution in [3.8, 4) is 0 Å². The quantitative estimate of drug-likeness (QED) is 0.575. The maximum atomic E-state index is 11.7. The van der Waals surface area contributed by atoms with Crippen molar-refractivity contribution in [1.82, 2.24) is 21.2 Å². The molecule has 0 radical (unpaired) electrons. The lowest BCUT2D eigenvalue weighted by Gasteiger charge is -2.04. The Morgan fingerprint density at radius 1 is 0.958 bits per heavy atom. The standard InChI is InChI=1S/C17H16N4O3/c1-18-16(23)13-8-5-12(6-9-13)7-10-15(22)20-21-17(24)14-4-2-3-11-19-14/h2-11H,1H3,(H,18,23)(H,20,22)(H,21,24)/b10-7+. The van der Waals surface area contributed by atoms with Gasteiger partial charge in [0.15, 0.2) is 0 Å². The van der Waals surface area contributed by atoms with Crippen LogP contribution < -0.4 is 16.2 Å². The molecule has 1 heterocycles. The van der Waals surface area contributed by atoms with Crippen molar-refractivity contribution in [1.29, 1.82) is 0 Å². The van der Waals surface area contributed by atoms with Gasteiger partial charge in [-0.3, -0.25) is 30.2 Å². The minimum atomic E-state index is -0.507. The predicted octanol–water partition coefficient (Wildman–Crippen LogP) is 0.916. The number of hydrazine groups is 1. The first kappa shape index (κ1) is 16.9. The Labute approximate surface area is 138 Å². The second-order valence-corrected chi connectivity index (χ2v) is 4.69. The van der Waals surface area contributed by atoms with E-state index in [1.165, 1.54) is 18.3 Å². The summed E-state index contributed by atoms with van der Waals surface area (Å²) in [4.78, 5) is 38.7. The fourth-order valence-corrected chi connectivity index (χ4v) is 1.78. The Bertz CT molecular complexity index is 755. The molecule has 0 spiro atoms. The van der Waals surface area contributed by atoms with Gasteiger partial charge in [0.05, 0.1) is 0 Å². The molecule has 1 aromatic heterocycles. The Morgan fingerprint density at radius 3 is 2.33 bits per heavy atom. The largest absolute Gasteiger partial charge is 0.355 e. The van der Waals surface area contributed by atoms with Crippen LogP contribution >= 0.6 is 0 Å². The first-order valence-electron chi connectivity index (χ1n) is 7.11. The Hall–Kier alpha value is -3.48. The van der Waals surface area contributed by atoms with Gasteiger partial charge >= 0.3 is 0 Å². The molecule has 24 heavy (non-hydrogen) atoms. The lowest BCUT2D eigenvalue weighted by molar-refractivity contribution is -0.117. The molecule has 0 unspecified atom stereocenters. The van der Waals surface area contributed by atoms with E-state index >= 15 is 0 Å². The molecule has 3 amide bonds. The number of carbonyl (C=O) groups is 3. The summed E-state index contributed by atoms with van der Waals surface area (Å²) in [6, 6.07) is 11.6. The highest BCUT2D eigenvalue weighted by Gasteiger charge is 2.06. The number of aromatic nitrogens is 1. The lowest BCUT2D eigenvalue weighted by Crippen LogP contribution is -2.41. The average Bonchev–Trinajstić information content (AvgIpc) is 2.64. The molecule has 0 saturated carbocycles. The van der Waals surface area contributed by atoms with Crippen LogP contribution in [-0.4, -0.2) is 29.8 Å². The number of rotatable bonds is 4. The summed E-state index contributed by atoms with van der Waals surface area (Å²) < 4.78 is 0. The van der Waals surface area contributed by atoms with E-state index in [0.717, 1.165) is 5.56 Å². The summed E-state index contributed by atoms with van der Waals surface area (Å²) >= 11 is 0. The highest BCUT2D eigenvalue weighted by Crippen LogP contribution is 2.06. The number of nitrogens with one attached hydrogen (secondary N) is 3. The molecular weight excluding hydrogens is 308 g/mol. The summed E-state index contributed by atoms with van der Waals surface area (Å²) in [5.41, 5.74) is 6.00. The molecule has 0 fully saturated rings. The second-order valence-electron chi connectivity index (χ2n) is 4.69. The van der Waals surface area contributed by atoms with Gasteiger partial charge in [-0.1, -0.05) is 18.2 Å². The number of nitrogens with zero attached hydrogens (tertiary/aromatic N) is 1. The van der Waals surface area contributed by atoms with E-state index < -0.39 is 11.8 Å². The number of amides is 3. The Balaban J connectivity index is 1.86. The minimum absolute atomic E-state index is 0.180. The van der Waals surface area contributed by atoms with Gasteiger partial charge in [0, 0.05) is 24.9 Å². The molecular formula is C17H16N4O3. The van der Waals surface area contributed by atoms with Gasteiger partial charge in [-0.2, -0.15) is 0 Å². The van der Waals surface area contributed by atoms with Crippen LogP contribution in [0.15, 0.2) is 54.7 Å². The van der Waals surface area contributed by atoms with Gasteiger partial charge < -0.3 is 5.32 Å². The number of hydrogen-bond acceptors (Lipinski definition) is 4.